The summed E-state index contributed by atoms with van der Waals surface area (Å²) in [6.07, 6.45) is 7.32. The van der Waals surface area contributed by atoms with Gasteiger partial charge in [-0.2, -0.15) is 0 Å². The van der Waals surface area contributed by atoms with Crippen molar-refractivity contribution in [2.75, 3.05) is 6.61 Å². The molecule has 0 N–H and O–H groups in total. The zero-order valence-electron chi connectivity index (χ0n) is 19.6. The van der Waals surface area contributed by atoms with E-state index in [1.807, 2.05) is 0 Å². The Balaban J connectivity index is 6.16. The Kier molecular flexibility index (Phi) is 11.2. The number of hydrogen-bond acceptors (Lipinski definition) is 3. The van der Waals surface area contributed by atoms with Gasteiger partial charge in [0.15, 0.2) is 0 Å². The Morgan fingerprint density at radius 2 is 1.08 bits per heavy atom. The molecule has 0 saturated heterocycles. The van der Waals surface area contributed by atoms with Gasteiger partial charge in [-0.15, -0.1) is 0 Å². The van der Waals surface area contributed by atoms with Gasteiger partial charge in [0.2, 0.25) is 0 Å². The molecule has 0 radical (unpaired) electrons. The van der Waals surface area contributed by atoms with Crippen molar-refractivity contribution in [1.82, 2.24) is 0 Å². The highest BCUT2D eigenvalue weighted by molar-refractivity contribution is 6.60. The normalized spacial score (nSPS) is 15.9. The standard InChI is InChI=1S/C22H48O3Si/c1-11-20(10,12-2)24-26(19-9,23-18-8)25-22(16-6,17-7)21(13-3,14-4)15-5/h11-19H2,1-10H3. The molecule has 0 aromatic rings. The molecule has 0 heterocycles. The molecule has 0 amide bonds. The van der Waals surface area contributed by atoms with E-state index in [4.69, 9.17) is 13.3 Å². The smallest absolute Gasteiger partial charge is 0.374 e. The second-order valence-electron chi connectivity index (χ2n) is 7.87. The molecule has 26 heavy (non-hydrogen) atoms. The molecule has 0 fully saturated rings. The quantitative estimate of drug-likeness (QED) is 0.274. The lowest BCUT2D eigenvalue weighted by Crippen LogP contribution is -2.61. The van der Waals surface area contributed by atoms with Gasteiger partial charge in [-0.05, 0) is 64.2 Å². The summed E-state index contributed by atoms with van der Waals surface area (Å²) >= 11 is 0. The van der Waals surface area contributed by atoms with Gasteiger partial charge in [-0.1, -0.05) is 55.4 Å². The third-order valence-corrected chi connectivity index (χ3v) is 10.3. The van der Waals surface area contributed by atoms with E-state index in [1.165, 1.54) is 0 Å². The third kappa shape index (κ3) is 5.33. The van der Waals surface area contributed by atoms with Gasteiger partial charge in [0.1, 0.15) is 0 Å². The molecule has 0 saturated carbocycles. The van der Waals surface area contributed by atoms with E-state index >= 15 is 0 Å². The van der Waals surface area contributed by atoms with Crippen molar-refractivity contribution in [1.29, 1.82) is 0 Å². The SMILES string of the molecule is CCO[Si](CC)(OC(C)(CC)CC)OC(CC)(CC)C(CC)(CC)CC. The summed E-state index contributed by atoms with van der Waals surface area (Å²) in [6, 6.07) is 0.825. The van der Waals surface area contributed by atoms with Crippen molar-refractivity contribution in [3.8, 4) is 0 Å². The predicted molar refractivity (Wildman–Crippen MR) is 116 cm³/mol. The van der Waals surface area contributed by atoms with E-state index in [2.05, 4.69) is 69.2 Å². The van der Waals surface area contributed by atoms with E-state index in [0.29, 0.717) is 6.61 Å². The summed E-state index contributed by atoms with van der Waals surface area (Å²) < 4.78 is 20.3. The van der Waals surface area contributed by atoms with Crippen LogP contribution in [0.25, 0.3) is 0 Å². The first-order chi connectivity index (χ1) is 12.2. The summed E-state index contributed by atoms with van der Waals surface area (Å²) in [4.78, 5) is 0. The highest BCUT2D eigenvalue weighted by atomic mass is 28.4. The minimum atomic E-state index is -2.78. The Labute approximate surface area is 165 Å². The first-order valence-electron chi connectivity index (χ1n) is 11.3. The molecule has 0 aliphatic rings. The molecule has 4 heteroatoms. The fourth-order valence-corrected chi connectivity index (χ4v) is 7.81. The van der Waals surface area contributed by atoms with Gasteiger partial charge < -0.3 is 13.3 Å². The predicted octanol–water partition coefficient (Wildman–Crippen LogP) is 7.37. The van der Waals surface area contributed by atoms with Crippen LogP contribution in [0.3, 0.4) is 0 Å². The van der Waals surface area contributed by atoms with Gasteiger partial charge in [0.05, 0.1) is 11.2 Å². The second kappa shape index (κ2) is 11.2. The zero-order valence-corrected chi connectivity index (χ0v) is 20.6. The first-order valence-corrected chi connectivity index (χ1v) is 13.2. The monoisotopic (exact) mass is 388 g/mol. The zero-order chi connectivity index (χ0) is 20.5. The molecule has 0 aromatic heterocycles. The van der Waals surface area contributed by atoms with Crippen molar-refractivity contribution >= 4 is 8.80 Å². The van der Waals surface area contributed by atoms with Gasteiger partial charge >= 0.3 is 8.80 Å². The maximum Gasteiger partial charge on any atom is 0.501 e. The summed E-state index contributed by atoms with van der Waals surface area (Å²) in [5, 5.41) is 0. The topological polar surface area (TPSA) is 27.7 Å². The van der Waals surface area contributed by atoms with Crippen molar-refractivity contribution < 1.29 is 13.3 Å². The largest absolute Gasteiger partial charge is 0.501 e. The fraction of sp³-hybridized carbons (Fsp3) is 1.00. The molecule has 1 unspecified atom stereocenters. The summed E-state index contributed by atoms with van der Waals surface area (Å²) in [7, 11) is -2.78. The molecule has 158 valence electrons. The van der Waals surface area contributed by atoms with E-state index in [-0.39, 0.29) is 16.6 Å². The Morgan fingerprint density at radius 3 is 1.35 bits per heavy atom. The maximum atomic E-state index is 7.15. The molecule has 0 rings (SSSR count). The van der Waals surface area contributed by atoms with Gasteiger partial charge in [0.25, 0.3) is 0 Å². The van der Waals surface area contributed by atoms with Crippen LogP contribution in [0.1, 0.15) is 114 Å². The molecule has 0 bridgehead atoms. The maximum absolute atomic E-state index is 7.15. The third-order valence-electron chi connectivity index (χ3n) is 7.18. The first kappa shape index (κ1) is 26.1. The van der Waals surface area contributed by atoms with Gasteiger partial charge in [-0.25, -0.2) is 0 Å². The highest BCUT2D eigenvalue weighted by Gasteiger charge is 2.55. The molecular weight excluding hydrogens is 340 g/mol. The average Bonchev–Trinajstić information content (AvgIpc) is 2.68. The van der Waals surface area contributed by atoms with Crippen molar-refractivity contribution in [2.24, 2.45) is 5.41 Å². The van der Waals surface area contributed by atoms with Gasteiger partial charge in [-0.3, -0.25) is 0 Å². The molecule has 0 aliphatic heterocycles. The summed E-state index contributed by atoms with van der Waals surface area (Å²) in [6.45, 7) is 23.0. The van der Waals surface area contributed by atoms with E-state index in [9.17, 15) is 0 Å². The summed E-state index contributed by atoms with van der Waals surface area (Å²) in [5.41, 5.74) is -0.206. The van der Waals surface area contributed by atoms with Crippen LogP contribution in [-0.4, -0.2) is 26.6 Å². The second-order valence-corrected chi connectivity index (χ2v) is 10.6. The minimum absolute atomic E-state index is 0.166. The minimum Gasteiger partial charge on any atom is -0.374 e. The van der Waals surface area contributed by atoms with Gasteiger partial charge in [0, 0.05) is 12.7 Å². The van der Waals surface area contributed by atoms with Crippen LogP contribution in [0.5, 0.6) is 0 Å². The van der Waals surface area contributed by atoms with Crippen LogP contribution in [-0.2, 0) is 13.3 Å². The Bertz CT molecular complexity index is 365. The van der Waals surface area contributed by atoms with Crippen LogP contribution in [0.2, 0.25) is 6.04 Å². The Morgan fingerprint density at radius 1 is 0.615 bits per heavy atom. The number of rotatable bonds is 15. The van der Waals surface area contributed by atoms with Crippen LogP contribution in [0.4, 0.5) is 0 Å². The van der Waals surface area contributed by atoms with Crippen LogP contribution in [0, 0.1) is 5.41 Å². The molecule has 0 aromatic carbocycles. The Hall–Kier alpha value is 0.0969. The van der Waals surface area contributed by atoms with E-state index < -0.39 is 8.80 Å². The van der Waals surface area contributed by atoms with Crippen LogP contribution >= 0.6 is 0 Å². The molecule has 1 atom stereocenters. The molecule has 0 spiro atoms. The van der Waals surface area contributed by atoms with E-state index in [0.717, 1.165) is 51.0 Å². The fourth-order valence-electron chi connectivity index (χ4n) is 4.58. The van der Waals surface area contributed by atoms with Crippen LogP contribution < -0.4 is 0 Å². The summed E-state index contributed by atoms with van der Waals surface area (Å²) in [5.74, 6) is 0. The van der Waals surface area contributed by atoms with Crippen molar-refractivity contribution in [3.63, 3.8) is 0 Å². The van der Waals surface area contributed by atoms with Crippen molar-refractivity contribution in [2.45, 2.75) is 131 Å². The molecule has 0 aliphatic carbocycles. The lowest BCUT2D eigenvalue weighted by Gasteiger charge is -2.53. The van der Waals surface area contributed by atoms with Crippen LogP contribution in [0.15, 0.2) is 0 Å². The average molecular weight is 389 g/mol. The highest BCUT2D eigenvalue weighted by Crippen LogP contribution is 2.50. The lowest BCUT2D eigenvalue weighted by atomic mass is 9.64. The lowest BCUT2D eigenvalue weighted by molar-refractivity contribution is -0.138. The molecule has 3 nitrogen and oxygen atoms in total. The van der Waals surface area contributed by atoms with Crippen molar-refractivity contribution in [3.05, 3.63) is 0 Å². The molecular formula is C22H48O3Si. The number of hydrogen-bond donors (Lipinski definition) is 0. The van der Waals surface area contributed by atoms with E-state index in [1.54, 1.807) is 0 Å².